The molecule has 1 aromatic carbocycles. The molecule has 1 heterocycles. The molecule has 1 fully saturated rings. The summed E-state index contributed by atoms with van der Waals surface area (Å²) in [5.74, 6) is 0.487. The lowest BCUT2D eigenvalue weighted by atomic mass is 10.1. The second kappa shape index (κ2) is 5.22. The Hall–Kier alpha value is -1.53. The van der Waals surface area contributed by atoms with Gasteiger partial charge in [-0.05, 0) is 18.4 Å². The second-order valence-electron chi connectivity index (χ2n) is 4.65. The van der Waals surface area contributed by atoms with Crippen LogP contribution in [0.4, 0.5) is 0 Å². The minimum absolute atomic E-state index is 0.154. The molecule has 0 bridgehead atoms. The van der Waals surface area contributed by atoms with Crippen molar-refractivity contribution in [3.63, 3.8) is 0 Å². The van der Waals surface area contributed by atoms with Crippen LogP contribution in [-0.2, 0) is 0 Å². The molecule has 0 saturated heterocycles. The fourth-order valence-electron chi connectivity index (χ4n) is 1.97. The summed E-state index contributed by atoms with van der Waals surface area (Å²) in [7, 11) is 0. The summed E-state index contributed by atoms with van der Waals surface area (Å²) in [5, 5.41) is 17.3. The largest absolute Gasteiger partial charge is 0.388 e. The highest BCUT2D eigenvalue weighted by molar-refractivity contribution is 7.99. The summed E-state index contributed by atoms with van der Waals surface area (Å²) in [4.78, 5) is 11.6. The first kappa shape index (κ1) is 12.5. The number of nitrogens with zero attached hydrogens (tertiary/aromatic N) is 2. The van der Waals surface area contributed by atoms with Gasteiger partial charge in [0.15, 0.2) is 5.16 Å². The second-order valence-corrected chi connectivity index (χ2v) is 5.64. The number of aromatic amines is 1. The van der Waals surface area contributed by atoms with Crippen LogP contribution >= 0.6 is 11.8 Å². The minimum atomic E-state index is -0.550. The van der Waals surface area contributed by atoms with Gasteiger partial charge in [0.05, 0.1) is 6.10 Å². The predicted octanol–water partition coefficient (Wildman–Crippen LogP) is 1.73. The van der Waals surface area contributed by atoms with Crippen molar-refractivity contribution in [1.29, 1.82) is 0 Å². The fraction of sp³-hybridized carbons (Fsp3) is 0.385. The van der Waals surface area contributed by atoms with E-state index in [-0.39, 0.29) is 5.69 Å². The predicted molar refractivity (Wildman–Crippen MR) is 73.2 cm³/mol. The molecule has 19 heavy (non-hydrogen) atoms. The van der Waals surface area contributed by atoms with E-state index in [1.165, 1.54) is 11.8 Å². The quantitative estimate of drug-likeness (QED) is 0.817. The molecule has 1 saturated carbocycles. The van der Waals surface area contributed by atoms with E-state index in [9.17, 15) is 9.90 Å². The number of nitrogens with one attached hydrogen (secondary N) is 1. The standard InChI is InChI=1S/C13H15N3O2S/c17-11(9-4-2-1-3-5-9)8-19-13-15-14-12(18)16(13)10-6-7-10/h1-5,10-11,17H,6-8H2,(H,14,18). The number of hydrogen-bond acceptors (Lipinski definition) is 4. The lowest BCUT2D eigenvalue weighted by Gasteiger charge is -2.10. The van der Waals surface area contributed by atoms with Gasteiger partial charge in [-0.2, -0.15) is 0 Å². The molecule has 6 heteroatoms. The van der Waals surface area contributed by atoms with Gasteiger partial charge in [-0.15, -0.1) is 5.10 Å². The number of aliphatic hydroxyl groups excluding tert-OH is 1. The lowest BCUT2D eigenvalue weighted by Crippen LogP contribution is -2.16. The van der Waals surface area contributed by atoms with Gasteiger partial charge in [0.1, 0.15) is 0 Å². The van der Waals surface area contributed by atoms with Crippen LogP contribution in [-0.4, -0.2) is 25.6 Å². The molecule has 0 amide bonds. The molecule has 1 atom stereocenters. The first-order valence-electron chi connectivity index (χ1n) is 6.28. The topological polar surface area (TPSA) is 70.9 Å². The number of rotatable bonds is 5. The number of aromatic nitrogens is 3. The highest BCUT2D eigenvalue weighted by Crippen LogP contribution is 2.36. The van der Waals surface area contributed by atoms with E-state index >= 15 is 0 Å². The van der Waals surface area contributed by atoms with Crippen molar-refractivity contribution >= 4 is 11.8 Å². The number of H-pyrrole nitrogens is 1. The summed E-state index contributed by atoms with van der Waals surface area (Å²) in [6.45, 7) is 0. The Morgan fingerprint density at radius 3 is 2.84 bits per heavy atom. The van der Waals surface area contributed by atoms with E-state index < -0.39 is 6.10 Å². The zero-order valence-corrected chi connectivity index (χ0v) is 11.1. The van der Waals surface area contributed by atoms with E-state index in [2.05, 4.69) is 10.2 Å². The van der Waals surface area contributed by atoms with Gasteiger partial charge in [0.25, 0.3) is 0 Å². The van der Waals surface area contributed by atoms with Crippen LogP contribution in [0, 0.1) is 0 Å². The van der Waals surface area contributed by atoms with Crippen LogP contribution in [0.5, 0.6) is 0 Å². The van der Waals surface area contributed by atoms with Gasteiger partial charge in [0.2, 0.25) is 0 Å². The van der Waals surface area contributed by atoms with Crippen LogP contribution in [0.3, 0.4) is 0 Å². The smallest absolute Gasteiger partial charge is 0.344 e. The van der Waals surface area contributed by atoms with E-state index in [4.69, 9.17) is 0 Å². The molecule has 5 nitrogen and oxygen atoms in total. The summed E-state index contributed by atoms with van der Waals surface area (Å²) >= 11 is 1.41. The molecule has 2 N–H and O–H groups in total. The molecule has 0 radical (unpaired) electrons. The van der Waals surface area contributed by atoms with Crippen LogP contribution in [0.15, 0.2) is 40.3 Å². The van der Waals surface area contributed by atoms with Crippen molar-refractivity contribution in [2.24, 2.45) is 0 Å². The molecule has 0 spiro atoms. The van der Waals surface area contributed by atoms with E-state index in [0.717, 1.165) is 18.4 Å². The van der Waals surface area contributed by atoms with E-state index in [1.54, 1.807) is 4.57 Å². The fourth-order valence-corrected chi connectivity index (χ4v) is 2.95. The first-order valence-corrected chi connectivity index (χ1v) is 7.27. The average molecular weight is 277 g/mol. The van der Waals surface area contributed by atoms with Gasteiger partial charge in [-0.25, -0.2) is 9.89 Å². The number of aliphatic hydroxyl groups is 1. The molecule has 1 aliphatic rings. The Labute approximate surface area is 114 Å². The maximum absolute atomic E-state index is 11.6. The first-order chi connectivity index (χ1) is 9.25. The molecule has 1 aliphatic carbocycles. The highest BCUT2D eigenvalue weighted by atomic mass is 32.2. The van der Waals surface area contributed by atoms with Crippen molar-refractivity contribution in [2.45, 2.75) is 30.1 Å². The van der Waals surface area contributed by atoms with Crippen molar-refractivity contribution in [3.8, 4) is 0 Å². The van der Waals surface area contributed by atoms with E-state index in [1.807, 2.05) is 30.3 Å². The van der Waals surface area contributed by atoms with Crippen LogP contribution in [0.2, 0.25) is 0 Å². The van der Waals surface area contributed by atoms with Gasteiger partial charge in [0, 0.05) is 11.8 Å². The molecule has 0 aliphatic heterocycles. The van der Waals surface area contributed by atoms with Gasteiger partial charge in [-0.3, -0.25) is 4.57 Å². The third-order valence-corrected chi connectivity index (χ3v) is 4.17. The Morgan fingerprint density at radius 1 is 1.42 bits per heavy atom. The maximum atomic E-state index is 11.6. The van der Waals surface area contributed by atoms with E-state index in [0.29, 0.717) is 17.0 Å². The molecule has 2 aromatic rings. The number of hydrogen-bond donors (Lipinski definition) is 2. The molecule has 1 aromatic heterocycles. The molecular weight excluding hydrogens is 262 g/mol. The van der Waals surface area contributed by atoms with Gasteiger partial charge >= 0.3 is 5.69 Å². The third kappa shape index (κ3) is 2.74. The van der Waals surface area contributed by atoms with Gasteiger partial charge < -0.3 is 5.11 Å². The normalized spacial score (nSPS) is 16.5. The zero-order valence-electron chi connectivity index (χ0n) is 10.3. The highest BCUT2D eigenvalue weighted by Gasteiger charge is 2.28. The number of benzene rings is 1. The SMILES string of the molecule is O=c1[nH]nc(SCC(O)c2ccccc2)n1C1CC1. The average Bonchev–Trinajstić information content (AvgIpc) is 3.21. The Balaban J connectivity index is 1.68. The molecule has 1 unspecified atom stereocenters. The van der Waals surface area contributed by atoms with Crippen LogP contribution < -0.4 is 5.69 Å². The summed E-state index contributed by atoms with van der Waals surface area (Å²) in [5.41, 5.74) is 0.727. The van der Waals surface area contributed by atoms with Crippen LogP contribution in [0.1, 0.15) is 30.6 Å². The van der Waals surface area contributed by atoms with Crippen molar-refractivity contribution < 1.29 is 5.11 Å². The Bertz CT molecular complexity index is 604. The zero-order chi connectivity index (χ0) is 13.2. The molecule has 100 valence electrons. The van der Waals surface area contributed by atoms with Crippen molar-refractivity contribution in [1.82, 2.24) is 14.8 Å². The lowest BCUT2D eigenvalue weighted by molar-refractivity contribution is 0.204. The maximum Gasteiger partial charge on any atom is 0.344 e. The monoisotopic (exact) mass is 277 g/mol. The Kier molecular flexibility index (Phi) is 3.44. The van der Waals surface area contributed by atoms with Gasteiger partial charge in [-0.1, -0.05) is 42.1 Å². The van der Waals surface area contributed by atoms with Crippen LogP contribution in [0.25, 0.3) is 0 Å². The molecular formula is C13H15N3O2S. The van der Waals surface area contributed by atoms with Crippen molar-refractivity contribution in [2.75, 3.05) is 5.75 Å². The summed E-state index contributed by atoms with van der Waals surface area (Å²) < 4.78 is 1.70. The summed E-state index contributed by atoms with van der Waals surface area (Å²) in [6.07, 6.45) is 1.52. The molecule has 3 rings (SSSR count). The number of thioether (sulfide) groups is 1. The van der Waals surface area contributed by atoms with Crippen molar-refractivity contribution in [3.05, 3.63) is 46.4 Å². The third-order valence-electron chi connectivity index (χ3n) is 3.14. The summed E-state index contributed by atoms with van der Waals surface area (Å²) in [6, 6.07) is 9.80. The minimum Gasteiger partial charge on any atom is -0.388 e. The Morgan fingerprint density at radius 2 is 2.16 bits per heavy atom.